The van der Waals surface area contributed by atoms with E-state index in [1.165, 1.54) is 18.2 Å². The van der Waals surface area contributed by atoms with Gasteiger partial charge in [-0.25, -0.2) is 13.8 Å². The molecule has 1 atom stereocenters. The first-order valence-corrected chi connectivity index (χ1v) is 10.3. The molecule has 0 spiro atoms. The molecule has 4 rings (SSSR count). The molecule has 2 aliphatic rings. The van der Waals surface area contributed by atoms with Crippen molar-refractivity contribution in [1.82, 2.24) is 25.4 Å². The van der Waals surface area contributed by atoms with Gasteiger partial charge in [0.25, 0.3) is 0 Å². The van der Waals surface area contributed by atoms with Gasteiger partial charge in [0.2, 0.25) is 0 Å². The first kappa shape index (κ1) is 19.6. The van der Waals surface area contributed by atoms with Crippen LogP contribution in [0, 0.1) is 11.6 Å². The lowest BCUT2D eigenvalue weighted by molar-refractivity contribution is 0.508. The Bertz CT molecular complexity index is 859. The Morgan fingerprint density at radius 3 is 2.83 bits per heavy atom. The van der Waals surface area contributed by atoms with Crippen LogP contribution in [0.25, 0.3) is 0 Å². The van der Waals surface area contributed by atoms with E-state index < -0.39 is 11.6 Å². The maximum Gasteiger partial charge on any atom is 0.191 e. The van der Waals surface area contributed by atoms with Crippen molar-refractivity contribution in [1.29, 1.82) is 0 Å². The fraction of sp³-hybridized carbons (Fsp3) is 0.550. The number of aryl methyl sites for hydroxylation is 1. The van der Waals surface area contributed by atoms with Gasteiger partial charge in [-0.15, -0.1) is 10.2 Å². The van der Waals surface area contributed by atoms with Crippen molar-refractivity contribution in [2.45, 2.75) is 51.7 Å². The van der Waals surface area contributed by atoms with E-state index in [1.807, 2.05) is 6.92 Å². The average molecular weight is 403 g/mol. The number of para-hydroxylation sites is 1. The summed E-state index contributed by atoms with van der Waals surface area (Å²) in [5.41, 5.74) is 0.0498. The second-order valence-corrected chi connectivity index (χ2v) is 7.48. The lowest BCUT2D eigenvalue weighted by Gasteiger charge is -2.21. The third-order valence-electron chi connectivity index (χ3n) is 5.44. The molecule has 0 bridgehead atoms. The van der Waals surface area contributed by atoms with E-state index in [1.54, 1.807) is 4.90 Å². The molecule has 1 unspecified atom stereocenters. The smallest absolute Gasteiger partial charge is 0.191 e. The molecule has 1 aromatic heterocycles. The van der Waals surface area contributed by atoms with E-state index in [0.29, 0.717) is 25.6 Å². The molecule has 9 heteroatoms. The van der Waals surface area contributed by atoms with Gasteiger partial charge in [-0.05, 0) is 38.3 Å². The van der Waals surface area contributed by atoms with Crippen LogP contribution in [0.2, 0.25) is 0 Å². The number of rotatable bonds is 5. The van der Waals surface area contributed by atoms with Crippen molar-refractivity contribution in [2.24, 2.45) is 4.99 Å². The van der Waals surface area contributed by atoms with Crippen LogP contribution in [0.15, 0.2) is 23.2 Å². The fourth-order valence-corrected chi connectivity index (χ4v) is 4.02. The Kier molecular flexibility index (Phi) is 5.92. The molecular weight excluding hydrogens is 376 g/mol. The molecule has 29 heavy (non-hydrogen) atoms. The summed E-state index contributed by atoms with van der Waals surface area (Å²) in [6, 6.07) is 4.03. The number of aromatic nitrogens is 3. The zero-order chi connectivity index (χ0) is 20.2. The molecule has 2 aliphatic heterocycles. The highest BCUT2D eigenvalue weighted by molar-refractivity contribution is 5.80. The molecule has 0 aliphatic carbocycles. The van der Waals surface area contributed by atoms with Gasteiger partial charge in [0.05, 0.1) is 0 Å². The molecule has 156 valence electrons. The largest absolute Gasteiger partial charge is 0.365 e. The van der Waals surface area contributed by atoms with Crippen LogP contribution in [-0.4, -0.2) is 46.4 Å². The number of fused-ring (bicyclic) bond motifs is 1. The number of guanidine groups is 1. The molecule has 3 heterocycles. The highest BCUT2D eigenvalue weighted by Gasteiger charge is 2.27. The molecule has 1 aromatic carbocycles. The number of anilines is 1. The molecule has 1 saturated heterocycles. The van der Waals surface area contributed by atoms with E-state index >= 15 is 0 Å². The molecule has 2 aromatic rings. The molecule has 2 N–H and O–H groups in total. The monoisotopic (exact) mass is 403 g/mol. The molecule has 0 amide bonds. The molecule has 7 nitrogen and oxygen atoms in total. The first-order chi connectivity index (χ1) is 14.2. The number of benzene rings is 1. The van der Waals surface area contributed by atoms with Gasteiger partial charge < -0.3 is 20.1 Å². The number of hydrogen-bond donors (Lipinski definition) is 2. The Labute approximate surface area is 169 Å². The van der Waals surface area contributed by atoms with Crippen LogP contribution < -0.4 is 15.5 Å². The van der Waals surface area contributed by atoms with Gasteiger partial charge >= 0.3 is 0 Å². The zero-order valence-electron chi connectivity index (χ0n) is 16.7. The van der Waals surface area contributed by atoms with Crippen LogP contribution in [0.3, 0.4) is 0 Å². The van der Waals surface area contributed by atoms with Gasteiger partial charge in [-0.2, -0.15) is 0 Å². The van der Waals surface area contributed by atoms with Gasteiger partial charge in [-0.1, -0.05) is 6.07 Å². The summed E-state index contributed by atoms with van der Waals surface area (Å²) in [6.45, 7) is 5.23. The summed E-state index contributed by atoms with van der Waals surface area (Å²) in [4.78, 5) is 6.42. The van der Waals surface area contributed by atoms with Crippen molar-refractivity contribution in [3.8, 4) is 0 Å². The van der Waals surface area contributed by atoms with Gasteiger partial charge in [0.15, 0.2) is 11.8 Å². The molecule has 0 saturated carbocycles. The van der Waals surface area contributed by atoms with Crippen molar-refractivity contribution in [3.05, 3.63) is 41.5 Å². The molecule has 1 fully saturated rings. The summed E-state index contributed by atoms with van der Waals surface area (Å²) in [5.74, 6) is 1.54. The van der Waals surface area contributed by atoms with Gasteiger partial charge in [0.1, 0.15) is 29.7 Å². The number of aliphatic imine (C=N–C) groups is 1. The van der Waals surface area contributed by atoms with Crippen molar-refractivity contribution < 1.29 is 8.78 Å². The summed E-state index contributed by atoms with van der Waals surface area (Å²) >= 11 is 0. The number of nitrogens with one attached hydrogen (secondary N) is 2. The summed E-state index contributed by atoms with van der Waals surface area (Å²) in [6.07, 6.45) is 4.05. The minimum atomic E-state index is -0.525. The van der Waals surface area contributed by atoms with Crippen LogP contribution in [0.4, 0.5) is 14.5 Å². The van der Waals surface area contributed by atoms with Gasteiger partial charge in [0, 0.05) is 38.6 Å². The van der Waals surface area contributed by atoms with E-state index in [4.69, 9.17) is 0 Å². The predicted octanol–water partition coefficient (Wildman–Crippen LogP) is 2.23. The lowest BCUT2D eigenvalue weighted by Crippen LogP contribution is -2.44. The predicted molar refractivity (Wildman–Crippen MR) is 108 cm³/mol. The Hall–Kier alpha value is -2.71. The highest BCUT2D eigenvalue weighted by atomic mass is 19.1. The van der Waals surface area contributed by atoms with Crippen LogP contribution in [0.5, 0.6) is 0 Å². The first-order valence-electron chi connectivity index (χ1n) is 10.3. The summed E-state index contributed by atoms with van der Waals surface area (Å²) < 4.78 is 30.3. The number of hydrogen-bond acceptors (Lipinski definition) is 4. The van der Waals surface area contributed by atoms with Crippen LogP contribution in [0.1, 0.15) is 37.8 Å². The van der Waals surface area contributed by atoms with Crippen molar-refractivity contribution in [2.75, 3.05) is 24.5 Å². The third kappa shape index (κ3) is 4.33. The minimum Gasteiger partial charge on any atom is -0.365 e. The summed E-state index contributed by atoms with van der Waals surface area (Å²) in [5, 5.41) is 15.2. The molecular formula is C20H27F2N7. The highest BCUT2D eigenvalue weighted by Crippen LogP contribution is 2.26. The Balaban J connectivity index is 1.41. The maximum absolute atomic E-state index is 14.1. The minimum absolute atomic E-state index is 0.0498. The average Bonchev–Trinajstić information content (AvgIpc) is 3.33. The molecule has 0 radical (unpaired) electrons. The SMILES string of the molecule is CCNC(=NCc1nnc2n1CCCC2)NC1CCN(c2c(F)cccc2F)C1. The van der Waals surface area contributed by atoms with E-state index in [-0.39, 0.29) is 11.7 Å². The normalized spacial score (nSPS) is 19.3. The van der Waals surface area contributed by atoms with E-state index in [9.17, 15) is 8.78 Å². The standard InChI is InChI=1S/C20H27F2N7/c1-2-23-20(24-12-18-27-26-17-8-3-4-10-29(17)18)25-14-9-11-28(13-14)19-15(21)6-5-7-16(19)22/h5-7,14H,2-4,8-13H2,1H3,(H2,23,24,25). The van der Waals surface area contributed by atoms with Gasteiger partial charge in [-0.3, -0.25) is 0 Å². The summed E-state index contributed by atoms with van der Waals surface area (Å²) in [7, 11) is 0. The Morgan fingerprint density at radius 2 is 2.03 bits per heavy atom. The van der Waals surface area contributed by atoms with E-state index in [0.717, 1.165) is 50.4 Å². The second kappa shape index (κ2) is 8.75. The topological polar surface area (TPSA) is 70.4 Å². The number of halogens is 2. The maximum atomic E-state index is 14.1. The number of nitrogens with zero attached hydrogens (tertiary/aromatic N) is 5. The third-order valence-corrected chi connectivity index (χ3v) is 5.44. The lowest BCUT2D eigenvalue weighted by atomic mass is 10.2. The van der Waals surface area contributed by atoms with Crippen molar-refractivity contribution in [3.63, 3.8) is 0 Å². The van der Waals surface area contributed by atoms with Crippen LogP contribution in [-0.2, 0) is 19.5 Å². The quantitative estimate of drug-likeness (QED) is 0.592. The fourth-order valence-electron chi connectivity index (χ4n) is 4.02. The second-order valence-electron chi connectivity index (χ2n) is 7.48. The van der Waals surface area contributed by atoms with Crippen LogP contribution >= 0.6 is 0 Å². The Morgan fingerprint density at radius 1 is 1.21 bits per heavy atom. The van der Waals surface area contributed by atoms with Crippen molar-refractivity contribution >= 4 is 11.6 Å². The van der Waals surface area contributed by atoms with E-state index in [2.05, 4.69) is 30.4 Å². The zero-order valence-corrected chi connectivity index (χ0v) is 16.7.